The Kier molecular flexibility index (Phi) is 9.85. The minimum Gasteiger partial charge on any atom is -0.493 e. The number of ether oxygens (including phenoxy) is 1. The molecule has 0 bridgehead atoms. The first-order chi connectivity index (χ1) is 16.5. The molecule has 1 aliphatic heterocycles. The molecule has 8 heteroatoms. The van der Waals surface area contributed by atoms with Crippen molar-refractivity contribution in [2.75, 3.05) is 45.2 Å². The average molecular weight is 483 g/mol. The SMILES string of the molecule is CCCCCCOc1ccccc1C(=O)NC(=S)Nc1ccccc1C(=O)N1CCN(C)CC1. The van der Waals surface area contributed by atoms with Crippen LogP contribution in [0, 0.1) is 0 Å². The van der Waals surface area contributed by atoms with Gasteiger partial charge in [0.05, 0.1) is 23.4 Å². The summed E-state index contributed by atoms with van der Waals surface area (Å²) in [6.07, 6.45) is 4.38. The summed E-state index contributed by atoms with van der Waals surface area (Å²) in [5.41, 5.74) is 1.51. The summed E-state index contributed by atoms with van der Waals surface area (Å²) in [7, 11) is 2.05. The zero-order valence-electron chi connectivity index (χ0n) is 20.0. The predicted molar refractivity (Wildman–Crippen MR) is 140 cm³/mol. The number of carbonyl (C=O) groups excluding carboxylic acids is 2. The highest BCUT2D eigenvalue weighted by Gasteiger charge is 2.23. The van der Waals surface area contributed by atoms with E-state index in [-0.39, 0.29) is 16.9 Å². The number of hydrogen-bond acceptors (Lipinski definition) is 5. The summed E-state index contributed by atoms with van der Waals surface area (Å²) in [5, 5.41) is 5.87. The van der Waals surface area contributed by atoms with Crippen LogP contribution < -0.4 is 15.4 Å². The quantitative estimate of drug-likeness (QED) is 0.413. The molecule has 2 aromatic rings. The fraction of sp³-hybridized carbons (Fsp3) is 0.423. The number of nitrogens with one attached hydrogen (secondary N) is 2. The van der Waals surface area contributed by atoms with E-state index in [1.807, 2.05) is 30.1 Å². The normalized spacial score (nSPS) is 13.9. The highest BCUT2D eigenvalue weighted by atomic mass is 32.1. The minimum absolute atomic E-state index is 0.0489. The second-order valence-corrected chi connectivity index (χ2v) is 8.86. The van der Waals surface area contributed by atoms with Crippen molar-refractivity contribution in [3.8, 4) is 5.75 Å². The second kappa shape index (κ2) is 13.1. The highest BCUT2D eigenvalue weighted by molar-refractivity contribution is 7.80. The fourth-order valence-electron chi connectivity index (χ4n) is 3.77. The molecule has 0 saturated carbocycles. The van der Waals surface area contributed by atoms with Crippen LogP contribution in [0.2, 0.25) is 0 Å². The third-order valence-corrected chi connectivity index (χ3v) is 6.01. The first kappa shape index (κ1) is 25.6. The van der Waals surface area contributed by atoms with Gasteiger partial charge in [-0.2, -0.15) is 0 Å². The van der Waals surface area contributed by atoms with E-state index < -0.39 is 0 Å². The molecule has 0 radical (unpaired) electrons. The van der Waals surface area contributed by atoms with Gasteiger partial charge in [0.25, 0.3) is 11.8 Å². The van der Waals surface area contributed by atoms with Gasteiger partial charge in [0, 0.05) is 26.2 Å². The Labute approximate surface area is 207 Å². The number of thiocarbonyl (C=S) groups is 1. The first-order valence-electron chi connectivity index (χ1n) is 11.9. The van der Waals surface area contributed by atoms with E-state index in [1.54, 1.807) is 30.3 Å². The van der Waals surface area contributed by atoms with Gasteiger partial charge in [-0.25, -0.2) is 0 Å². The Morgan fingerprint density at radius 1 is 0.941 bits per heavy atom. The number of unbranched alkanes of at least 4 members (excludes halogenated alkanes) is 3. The van der Waals surface area contributed by atoms with Gasteiger partial charge in [-0.3, -0.25) is 14.9 Å². The van der Waals surface area contributed by atoms with Crippen molar-refractivity contribution in [2.45, 2.75) is 32.6 Å². The standard InChI is InChI=1S/C26H34N4O3S/c1-3-4-5-10-19-33-23-14-9-7-12-21(23)24(31)28-26(34)27-22-13-8-6-11-20(22)25(32)30-17-15-29(2)16-18-30/h6-9,11-14H,3-5,10,15-19H2,1-2H3,(H2,27,28,31,34). The molecule has 0 atom stereocenters. The van der Waals surface area contributed by atoms with Crippen molar-refractivity contribution in [2.24, 2.45) is 0 Å². The Morgan fingerprint density at radius 3 is 2.35 bits per heavy atom. The molecule has 0 spiro atoms. The number of piperazine rings is 1. The van der Waals surface area contributed by atoms with Crippen LogP contribution in [0.4, 0.5) is 5.69 Å². The Balaban J connectivity index is 1.61. The number of amides is 2. The molecule has 2 N–H and O–H groups in total. The lowest BCUT2D eigenvalue weighted by molar-refractivity contribution is 0.0665. The number of rotatable bonds is 9. The van der Waals surface area contributed by atoms with E-state index in [9.17, 15) is 9.59 Å². The Bertz CT molecular complexity index is 990. The van der Waals surface area contributed by atoms with Crippen molar-refractivity contribution < 1.29 is 14.3 Å². The van der Waals surface area contributed by atoms with Gasteiger partial charge in [0.15, 0.2) is 5.11 Å². The maximum Gasteiger partial charge on any atom is 0.261 e. The van der Waals surface area contributed by atoms with Gasteiger partial charge in [-0.05, 0) is 50.0 Å². The van der Waals surface area contributed by atoms with Gasteiger partial charge in [0.2, 0.25) is 0 Å². The first-order valence-corrected chi connectivity index (χ1v) is 12.3. The minimum atomic E-state index is -0.357. The van der Waals surface area contributed by atoms with E-state index >= 15 is 0 Å². The molecular formula is C26H34N4O3S. The second-order valence-electron chi connectivity index (χ2n) is 8.45. The van der Waals surface area contributed by atoms with Crippen molar-refractivity contribution in [3.05, 3.63) is 59.7 Å². The summed E-state index contributed by atoms with van der Waals surface area (Å²) in [4.78, 5) is 30.0. The summed E-state index contributed by atoms with van der Waals surface area (Å²) in [5.74, 6) is 0.127. The van der Waals surface area contributed by atoms with Gasteiger partial charge >= 0.3 is 0 Å². The van der Waals surface area contributed by atoms with Crippen molar-refractivity contribution in [3.63, 3.8) is 0 Å². The lowest BCUT2D eigenvalue weighted by Gasteiger charge is -2.32. The number of likely N-dealkylation sites (N-methyl/N-ethyl adjacent to an activating group) is 1. The molecule has 34 heavy (non-hydrogen) atoms. The molecular weight excluding hydrogens is 448 g/mol. The van der Waals surface area contributed by atoms with Crippen LogP contribution in [0.3, 0.4) is 0 Å². The third-order valence-electron chi connectivity index (χ3n) is 5.81. The van der Waals surface area contributed by atoms with Crippen molar-refractivity contribution in [1.82, 2.24) is 15.1 Å². The Morgan fingerprint density at radius 2 is 1.62 bits per heavy atom. The molecule has 0 unspecified atom stereocenters. The van der Waals surface area contributed by atoms with Gasteiger partial charge in [-0.1, -0.05) is 50.5 Å². The number of hydrogen-bond donors (Lipinski definition) is 2. The molecule has 0 aromatic heterocycles. The number of carbonyl (C=O) groups is 2. The van der Waals surface area contributed by atoms with Crippen LogP contribution in [0.15, 0.2) is 48.5 Å². The van der Waals surface area contributed by atoms with Crippen LogP contribution in [-0.4, -0.2) is 66.6 Å². The smallest absolute Gasteiger partial charge is 0.261 e. The molecule has 1 aliphatic rings. The highest BCUT2D eigenvalue weighted by Crippen LogP contribution is 2.20. The number of para-hydroxylation sites is 2. The van der Waals surface area contributed by atoms with Gasteiger partial charge < -0.3 is 19.9 Å². The van der Waals surface area contributed by atoms with Crippen molar-refractivity contribution >= 4 is 34.8 Å². The van der Waals surface area contributed by atoms with Gasteiger partial charge in [-0.15, -0.1) is 0 Å². The molecule has 1 saturated heterocycles. The van der Waals surface area contributed by atoms with E-state index in [4.69, 9.17) is 17.0 Å². The largest absolute Gasteiger partial charge is 0.493 e. The maximum absolute atomic E-state index is 13.1. The zero-order valence-corrected chi connectivity index (χ0v) is 20.8. The van der Waals surface area contributed by atoms with E-state index in [0.29, 0.717) is 42.3 Å². The van der Waals surface area contributed by atoms with Crippen molar-refractivity contribution in [1.29, 1.82) is 0 Å². The summed E-state index contributed by atoms with van der Waals surface area (Å²) >= 11 is 5.39. The fourth-order valence-corrected chi connectivity index (χ4v) is 3.98. The number of nitrogens with zero attached hydrogens (tertiary/aromatic N) is 2. The van der Waals surface area contributed by atoms with Gasteiger partial charge in [0.1, 0.15) is 5.75 Å². The van der Waals surface area contributed by atoms with E-state index in [1.165, 1.54) is 6.42 Å². The maximum atomic E-state index is 13.1. The zero-order chi connectivity index (χ0) is 24.3. The number of anilines is 1. The van der Waals surface area contributed by atoms with Crippen LogP contribution in [-0.2, 0) is 0 Å². The Hall–Kier alpha value is -2.97. The molecule has 7 nitrogen and oxygen atoms in total. The summed E-state index contributed by atoms with van der Waals surface area (Å²) in [6, 6.07) is 14.3. The average Bonchev–Trinajstić information content (AvgIpc) is 2.84. The topological polar surface area (TPSA) is 73.9 Å². The summed E-state index contributed by atoms with van der Waals surface area (Å²) < 4.78 is 5.85. The van der Waals surface area contributed by atoms with Crippen LogP contribution in [0.25, 0.3) is 0 Å². The van der Waals surface area contributed by atoms with E-state index in [0.717, 1.165) is 32.4 Å². The molecule has 2 amide bonds. The summed E-state index contributed by atoms with van der Waals surface area (Å²) in [6.45, 7) is 5.78. The van der Waals surface area contributed by atoms with E-state index in [2.05, 4.69) is 22.5 Å². The molecule has 182 valence electrons. The lowest BCUT2D eigenvalue weighted by atomic mass is 10.1. The van der Waals surface area contributed by atoms with Crippen LogP contribution in [0.1, 0.15) is 53.3 Å². The molecule has 2 aromatic carbocycles. The van der Waals surface area contributed by atoms with Crippen LogP contribution >= 0.6 is 12.2 Å². The molecule has 1 fully saturated rings. The molecule has 1 heterocycles. The number of benzene rings is 2. The third kappa shape index (κ3) is 7.27. The lowest BCUT2D eigenvalue weighted by Crippen LogP contribution is -2.47. The molecule has 0 aliphatic carbocycles. The molecule has 3 rings (SSSR count). The predicted octanol–water partition coefficient (Wildman–Crippen LogP) is 4.16. The van der Waals surface area contributed by atoms with Crippen LogP contribution in [0.5, 0.6) is 5.75 Å². The monoisotopic (exact) mass is 482 g/mol.